The van der Waals surface area contributed by atoms with Crippen LogP contribution < -0.4 is 4.74 Å². The van der Waals surface area contributed by atoms with Gasteiger partial charge < -0.3 is 22.8 Å². The van der Waals surface area contributed by atoms with Gasteiger partial charge in [0.25, 0.3) is 0 Å². The fourth-order valence-corrected chi connectivity index (χ4v) is 2.36. The molecule has 1 heterocycles. The van der Waals surface area contributed by atoms with Crippen LogP contribution in [0.3, 0.4) is 0 Å². The van der Waals surface area contributed by atoms with Crippen LogP contribution in [0, 0.1) is 0 Å². The molecule has 7 nitrogen and oxygen atoms in total. The van der Waals surface area contributed by atoms with Gasteiger partial charge in [0.1, 0.15) is 23.3 Å². The molecule has 0 saturated heterocycles. The van der Waals surface area contributed by atoms with Crippen molar-refractivity contribution in [1.82, 2.24) is 5.16 Å². The molecule has 2 radical (unpaired) electrons. The number of hydrogen-bond donors (Lipinski definition) is 1. The predicted octanol–water partition coefficient (Wildman–Crippen LogP) is 1.48. The zero-order valence-electron chi connectivity index (χ0n) is 10.9. The topological polar surface area (TPSA) is 107 Å². The maximum atomic E-state index is 11.4. The van der Waals surface area contributed by atoms with E-state index in [0.717, 1.165) is 0 Å². The van der Waals surface area contributed by atoms with Crippen LogP contribution in [0.1, 0.15) is 15.9 Å². The average Bonchev–Trinajstić information content (AvgIpc) is 2.90. The monoisotopic (exact) mass is 323 g/mol. The van der Waals surface area contributed by atoms with E-state index in [1.165, 1.54) is 19.4 Å². The number of carboxylic acids is 1. The molecule has 0 aliphatic carbocycles. The summed E-state index contributed by atoms with van der Waals surface area (Å²) in [6.45, 7) is 0. The Balaban J connectivity index is 0.00000220. The second-order valence-electron chi connectivity index (χ2n) is 3.82. The molecule has 2 rings (SSSR count). The van der Waals surface area contributed by atoms with Gasteiger partial charge in [-0.2, -0.15) is 0 Å². The van der Waals surface area contributed by atoms with Crippen molar-refractivity contribution in [3.05, 3.63) is 35.6 Å². The minimum absolute atomic E-state index is 0. The fraction of sp³-hybridized carbons (Fsp3) is 0.167. The summed E-state index contributed by atoms with van der Waals surface area (Å²) in [5.74, 6) is -1.63. The van der Waals surface area contributed by atoms with E-state index in [2.05, 4.69) is 5.16 Å². The van der Waals surface area contributed by atoms with E-state index in [9.17, 15) is 18.3 Å². The Kier molecular flexibility index (Phi) is 5.96. The largest absolute Gasteiger partial charge is 1.00 e. The van der Waals surface area contributed by atoms with Crippen molar-refractivity contribution >= 4 is 34.0 Å². The molecule has 0 saturated carbocycles. The van der Waals surface area contributed by atoms with Crippen molar-refractivity contribution in [3.8, 4) is 17.0 Å². The molecule has 108 valence electrons. The van der Waals surface area contributed by atoms with Gasteiger partial charge in [-0.15, -0.1) is 0 Å². The Morgan fingerprint density at radius 1 is 1.38 bits per heavy atom. The van der Waals surface area contributed by atoms with Gasteiger partial charge in [0.15, 0.2) is 0 Å². The second kappa shape index (κ2) is 7.27. The summed E-state index contributed by atoms with van der Waals surface area (Å²) in [4.78, 5) is 11.4. The number of aromatic carboxylic acids is 1. The van der Waals surface area contributed by atoms with Crippen LogP contribution >= 0.6 is 0 Å². The molecule has 0 atom stereocenters. The van der Waals surface area contributed by atoms with Crippen molar-refractivity contribution in [2.75, 3.05) is 7.11 Å². The summed E-state index contributed by atoms with van der Waals surface area (Å²) < 4.78 is 31.4. The molecule has 0 bridgehead atoms. The molecule has 0 fully saturated rings. The Morgan fingerprint density at radius 2 is 2.10 bits per heavy atom. The number of rotatable bonds is 5. The van der Waals surface area contributed by atoms with Gasteiger partial charge in [-0.05, 0) is 17.4 Å². The summed E-state index contributed by atoms with van der Waals surface area (Å²) in [6.07, 6.45) is 1.34. The van der Waals surface area contributed by atoms with Crippen molar-refractivity contribution in [2.24, 2.45) is 0 Å². The van der Waals surface area contributed by atoms with E-state index in [1.807, 2.05) is 0 Å². The quantitative estimate of drug-likeness (QED) is 0.656. The van der Waals surface area contributed by atoms with E-state index in [1.54, 1.807) is 12.1 Å². The third kappa shape index (κ3) is 3.64. The molecule has 1 N–H and O–H groups in total. The van der Waals surface area contributed by atoms with Gasteiger partial charge in [0, 0.05) is 11.6 Å². The number of hydrogen-bond acceptors (Lipinski definition) is 7. The number of carbonyl (C=O) groups is 1. The van der Waals surface area contributed by atoms with Crippen molar-refractivity contribution in [1.29, 1.82) is 0 Å². The van der Waals surface area contributed by atoms with Crippen LogP contribution in [-0.2, 0) is 24.9 Å². The summed E-state index contributed by atoms with van der Waals surface area (Å²) in [5, 5.41) is 13.0. The van der Waals surface area contributed by atoms with Gasteiger partial charge in [0.05, 0.1) is 7.11 Å². The van der Waals surface area contributed by atoms with E-state index in [4.69, 9.17) is 9.26 Å². The molecule has 0 aliphatic heterocycles. The first-order chi connectivity index (χ1) is 9.54. The molecule has 1 aromatic carbocycles. The van der Waals surface area contributed by atoms with Crippen LogP contribution in [0.4, 0.5) is 0 Å². The summed E-state index contributed by atoms with van der Waals surface area (Å²) >= 11 is 0. The maximum absolute atomic E-state index is 11.4. The van der Waals surface area contributed by atoms with Crippen LogP contribution in [-0.4, -0.2) is 40.7 Å². The Bertz CT molecular complexity index is 703. The molecule has 1 aromatic heterocycles. The first kappa shape index (κ1) is 17.2. The fourth-order valence-electron chi connectivity index (χ4n) is 1.87. The van der Waals surface area contributed by atoms with Gasteiger partial charge in [-0.3, -0.25) is 0 Å². The SMILES string of the molecule is COc1c(-c2ccon2)ccc(C[S-](=O)=O)c1C(=O)O.[Al+]. The van der Waals surface area contributed by atoms with Gasteiger partial charge in [-0.25, -0.2) is 4.79 Å². The molecule has 2 aromatic rings. The molecular formula is C12H10AlNO6S. The van der Waals surface area contributed by atoms with Crippen LogP contribution in [0.25, 0.3) is 11.3 Å². The van der Waals surface area contributed by atoms with Gasteiger partial charge in [0.2, 0.25) is 0 Å². The number of carboxylic acid groups (broad SMARTS) is 1. The van der Waals surface area contributed by atoms with Crippen molar-refractivity contribution in [2.45, 2.75) is 5.75 Å². The standard InChI is InChI=1S/C12H10NO6S.Al/c1-18-11-8(9-4-5-19-13-9)3-2-7(6-20(16)17)10(11)12(14)15;/h2-5H,6H2,1H3,(H,14,15);/q-1;+1. The van der Waals surface area contributed by atoms with Crippen LogP contribution in [0.15, 0.2) is 29.0 Å². The van der Waals surface area contributed by atoms with E-state index in [0.29, 0.717) is 11.3 Å². The number of methoxy groups -OCH3 is 1. The molecule has 0 amide bonds. The minimum atomic E-state index is -2.40. The van der Waals surface area contributed by atoms with Crippen molar-refractivity contribution < 1.29 is 27.6 Å². The number of nitrogens with zero attached hydrogens (tertiary/aromatic N) is 1. The minimum Gasteiger partial charge on any atom is -0.495 e. The molecule has 0 unspecified atom stereocenters. The number of aromatic nitrogens is 1. The smallest absolute Gasteiger partial charge is 0.495 e. The molecular weight excluding hydrogens is 313 g/mol. The third-order valence-corrected chi connectivity index (χ3v) is 3.20. The van der Waals surface area contributed by atoms with Gasteiger partial charge in [-0.1, -0.05) is 21.9 Å². The zero-order chi connectivity index (χ0) is 14.7. The van der Waals surface area contributed by atoms with Gasteiger partial charge >= 0.3 is 23.3 Å². The maximum Gasteiger partial charge on any atom is 1.00 e. The molecule has 0 aliphatic rings. The van der Waals surface area contributed by atoms with Crippen LogP contribution in [0.2, 0.25) is 0 Å². The average molecular weight is 323 g/mol. The van der Waals surface area contributed by atoms with Crippen molar-refractivity contribution in [3.63, 3.8) is 0 Å². The molecule has 9 heteroatoms. The normalized spacial score (nSPS) is 10.2. The first-order valence-corrected chi connectivity index (χ1v) is 6.68. The first-order valence-electron chi connectivity index (χ1n) is 5.44. The van der Waals surface area contributed by atoms with E-state index < -0.39 is 22.4 Å². The molecule has 21 heavy (non-hydrogen) atoms. The summed E-state index contributed by atoms with van der Waals surface area (Å²) in [6, 6.07) is 4.52. The van der Waals surface area contributed by atoms with Crippen LogP contribution in [0.5, 0.6) is 5.75 Å². The Labute approximate surface area is 132 Å². The Hall–Kier alpha value is -1.82. The van der Waals surface area contributed by atoms with E-state index in [-0.39, 0.29) is 34.2 Å². The second-order valence-corrected chi connectivity index (χ2v) is 4.71. The molecule has 0 spiro atoms. The summed E-state index contributed by atoms with van der Waals surface area (Å²) in [7, 11) is -1.09. The number of benzene rings is 1. The Morgan fingerprint density at radius 3 is 2.57 bits per heavy atom. The number of ether oxygens (including phenoxy) is 1. The van der Waals surface area contributed by atoms with E-state index >= 15 is 0 Å². The zero-order valence-corrected chi connectivity index (χ0v) is 12.9. The predicted molar refractivity (Wildman–Crippen MR) is 73.6 cm³/mol. The summed E-state index contributed by atoms with van der Waals surface area (Å²) in [5.41, 5.74) is 0.769. The third-order valence-electron chi connectivity index (χ3n) is 2.65.